The molecule has 1 rings (SSSR count). The van der Waals surface area contributed by atoms with Crippen molar-refractivity contribution in [1.29, 1.82) is 0 Å². The average molecular weight is 369 g/mol. The monoisotopic (exact) mass is 368 g/mol. The average Bonchev–Trinajstić information content (AvgIpc) is 2.32. The first-order valence-electron chi connectivity index (χ1n) is 5.83. The van der Waals surface area contributed by atoms with Gasteiger partial charge in [0.1, 0.15) is 0 Å². The number of rotatable bonds is 5. The summed E-state index contributed by atoms with van der Waals surface area (Å²) in [5.74, 6) is -0.987. The first-order valence-corrected chi connectivity index (χ1v) is 6.62. The number of anilines is 1. The minimum Gasteiger partial charge on any atom is -0.481 e. The van der Waals surface area contributed by atoms with Crippen molar-refractivity contribution in [2.45, 2.75) is 19.0 Å². The van der Waals surface area contributed by atoms with Crippen molar-refractivity contribution in [1.82, 2.24) is 5.32 Å². The second-order valence-corrected chi connectivity index (χ2v) is 5.02. The third-order valence-corrected chi connectivity index (χ3v) is 2.79. The van der Waals surface area contributed by atoms with Crippen LogP contribution in [0, 0.1) is 0 Å². The fourth-order valence-corrected chi connectivity index (χ4v) is 1.94. The number of aliphatic carboxylic acids is 1. The molecule has 5 nitrogen and oxygen atoms in total. The molecule has 9 heteroatoms. The lowest BCUT2D eigenvalue weighted by Gasteiger charge is -2.11. The molecular weight excluding hydrogens is 357 g/mol. The third kappa shape index (κ3) is 6.48. The van der Waals surface area contributed by atoms with Crippen LogP contribution >= 0.6 is 15.9 Å². The molecule has 0 saturated heterocycles. The Hall–Kier alpha value is -1.77. The van der Waals surface area contributed by atoms with E-state index in [4.69, 9.17) is 5.11 Å². The highest BCUT2D eigenvalue weighted by Gasteiger charge is 2.31. The number of benzene rings is 1. The smallest absolute Gasteiger partial charge is 0.416 e. The number of hydrogen-bond acceptors (Lipinski definition) is 2. The molecule has 21 heavy (non-hydrogen) atoms. The number of alkyl halides is 3. The van der Waals surface area contributed by atoms with Crippen LogP contribution < -0.4 is 10.6 Å². The van der Waals surface area contributed by atoms with E-state index in [1.807, 2.05) is 0 Å². The van der Waals surface area contributed by atoms with Gasteiger partial charge >= 0.3 is 18.2 Å². The van der Waals surface area contributed by atoms with Crippen molar-refractivity contribution in [2.24, 2.45) is 0 Å². The van der Waals surface area contributed by atoms with Gasteiger partial charge in [-0.15, -0.1) is 0 Å². The molecule has 0 aliphatic rings. The zero-order chi connectivity index (χ0) is 16.0. The topological polar surface area (TPSA) is 78.4 Å². The van der Waals surface area contributed by atoms with Gasteiger partial charge in [-0.05, 0) is 24.6 Å². The van der Waals surface area contributed by atoms with Gasteiger partial charge in [0.05, 0.1) is 5.56 Å². The molecule has 0 atom stereocenters. The molecule has 0 saturated carbocycles. The Bertz CT molecular complexity index is 535. The maximum Gasteiger partial charge on any atom is 0.416 e. The standard InChI is InChI=1S/C12H12BrF3N2O3/c13-8-4-7(12(14,15)16)5-9(6-8)18-11(21)17-3-1-2-10(19)20/h4-6H,1-3H2,(H,19,20)(H2,17,18,21). The molecule has 0 unspecified atom stereocenters. The van der Waals surface area contributed by atoms with Crippen molar-refractivity contribution >= 4 is 33.6 Å². The lowest BCUT2D eigenvalue weighted by Crippen LogP contribution is -2.29. The summed E-state index contributed by atoms with van der Waals surface area (Å²) < 4.78 is 38.0. The van der Waals surface area contributed by atoms with Crippen molar-refractivity contribution in [2.75, 3.05) is 11.9 Å². The van der Waals surface area contributed by atoms with Gasteiger partial charge in [-0.2, -0.15) is 13.2 Å². The van der Waals surface area contributed by atoms with Gasteiger partial charge in [0.15, 0.2) is 0 Å². The molecule has 0 aliphatic carbocycles. The van der Waals surface area contributed by atoms with Gasteiger partial charge in [-0.3, -0.25) is 4.79 Å². The summed E-state index contributed by atoms with van der Waals surface area (Å²) in [6.07, 6.45) is -4.39. The number of carbonyl (C=O) groups excluding carboxylic acids is 1. The van der Waals surface area contributed by atoms with E-state index < -0.39 is 23.7 Å². The molecule has 0 fully saturated rings. The van der Waals surface area contributed by atoms with E-state index >= 15 is 0 Å². The van der Waals surface area contributed by atoms with Crippen LogP contribution in [-0.2, 0) is 11.0 Å². The fourth-order valence-electron chi connectivity index (χ4n) is 1.44. The highest BCUT2D eigenvalue weighted by molar-refractivity contribution is 9.10. The molecule has 1 aromatic carbocycles. The Morgan fingerprint density at radius 2 is 1.90 bits per heavy atom. The first-order chi connectivity index (χ1) is 9.68. The summed E-state index contributed by atoms with van der Waals surface area (Å²) in [7, 11) is 0. The van der Waals surface area contributed by atoms with E-state index in [1.54, 1.807) is 0 Å². The Morgan fingerprint density at radius 3 is 2.48 bits per heavy atom. The van der Waals surface area contributed by atoms with E-state index in [9.17, 15) is 22.8 Å². The molecule has 116 valence electrons. The Morgan fingerprint density at radius 1 is 1.24 bits per heavy atom. The number of carboxylic acid groups (broad SMARTS) is 1. The zero-order valence-corrected chi connectivity index (χ0v) is 12.2. The maximum absolute atomic E-state index is 12.6. The first kappa shape index (κ1) is 17.3. The van der Waals surface area contributed by atoms with Gasteiger partial charge in [0.2, 0.25) is 0 Å². The highest BCUT2D eigenvalue weighted by Crippen LogP contribution is 2.33. The van der Waals surface area contributed by atoms with Crippen LogP contribution in [0.15, 0.2) is 22.7 Å². The van der Waals surface area contributed by atoms with Gasteiger partial charge in [0, 0.05) is 23.1 Å². The van der Waals surface area contributed by atoms with Crippen molar-refractivity contribution in [3.8, 4) is 0 Å². The summed E-state index contributed by atoms with van der Waals surface area (Å²) in [4.78, 5) is 21.7. The van der Waals surface area contributed by atoms with Gasteiger partial charge in [-0.25, -0.2) is 4.79 Å². The summed E-state index contributed by atoms with van der Waals surface area (Å²) in [6.45, 7) is 0.109. The van der Waals surface area contributed by atoms with E-state index in [2.05, 4.69) is 26.6 Å². The van der Waals surface area contributed by atoms with Crippen LogP contribution in [0.4, 0.5) is 23.7 Å². The normalized spacial score (nSPS) is 11.0. The number of nitrogens with one attached hydrogen (secondary N) is 2. The van der Waals surface area contributed by atoms with Crippen LogP contribution in [-0.4, -0.2) is 23.7 Å². The second-order valence-electron chi connectivity index (χ2n) is 4.10. The van der Waals surface area contributed by atoms with E-state index in [1.165, 1.54) is 6.07 Å². The molecule has 0 bridgehead atoms. The van der Waals surface area contributed by atoms with Crippen molar-refractivity contribution in [3.63, 3.8) is 0 Å². The molecule has 0 spiro atoms. The quantitative estimate of drug-likeness (QED) is 0.696. The molecular formula is C12H12BrF3N2O3. The van der Waals surface area contributed by atoms with Crippen LogP contribution in [0.2, 0.25) is 0 Å². The number of amides is 2. The van der Waals surface area contributed by atoms with E-state index in [0.29, 0.717) is 0 Å². The number of urea groups is 1. The number of carbonyl (C=O) groups is 2. The molecule has 1 aromatic rings. The Kier molecular flexibility index (Phi) is 6.01. The number of carboxylic acids is 1. The summed E-state index contributed by atoms with van der Waals surface area (Å²) in [5, 5.41) is 13.0. The molecule has 0 aromatic heterocycles. The largest absolute Gasteiger partial charge is 0.481 e. The maximum atomic E-state index is 12.6. The van der Waals surface area contributed by atoms with Crippen LogP contribution in [0.25, 0.3) is 0 Å². The highest BCUT2D eigenvalue weighted by atomic mass is 79.9. The van der Waals surface area contributed by atoms with Gasteiger partial charge in [-0.1, -0.05) is 15.9 Å². The van der Waals surface area contributed by atoms with Gasteiger partial charge in [0.25, 0.3) is 0 Å². The fraction of sp³-hybridized carbons (Fsp3) is 0.333. The minimum atomic E-state index is -4.52. The van der Waals surface area contributed by atoms with Crippen molar-refractivity contribution < 1.29 is 27.9 Å². The Balaban J connectivity index is 2.60. The van der Waals surface area contributed by atoms with Crippen LogP contribution in [0.5, 0.6) is 0 Å². The summed E-state index contributed by atoms with van der Waals surface area (Å²) in [6, 6.07) is 2.33. The molecule has 2 amide bonds. The lowest BCUT2D eigenvalue weighted by atomic mass is 10.2. The summed E-state index contributed by atoms with van der Waals surface area (Å²) in [5.41, 5.74) is -0.912. The zero-order valence-electron chi connectivity index (χ0n) is 10.6. The number of halogens is 4. The number of hydrogen-bond donors (Lipinski definition) is 3. The Labute approximate surface area is 126 Å². The van der Waals surface area contributed by atoms with Crippen LogP contribution in [0.3, 0.4) is 0 Å². The minimum absolute atomic E-state index is 0.0209. The molecule has 0 aliphatic heterocycles. The van der Waals surface area contributed by atoms with E-state index in [-0.39, 0.29) is 29.5 Å². The molecule has 0 heterocycles. The SMILES string of the molecule is O=C(O)CCCNC(=O)Nc1cc(Br)cc(C(F)(F)F)c1. The van der Waals surface area contributed by atoms with E-state index in [0.717, 1.165) is 12.1 Å². The summed E-state index contributed by atoms with van der Waals surface area (Å²) >= 11 is 2.94. The second kappa shape index (κ2) is 7.30. The van der Waals surface area contributed by atoms with Gasteiger partial charge < -0.3 is 15.7 Å². The van der Waals surface area contributed by atoms with Crippen molar-refractivity contribution in [3.05, 3.63) is 28.2 Å². The predicted octanol–water partition coefficient (Wildman–Crippen LogP) is 3.45. The predicted molar refractivity (Wildman–Crippen MR) is 73.0 cm³/mol. The lowest BCUT2D eigenvalue weighted by molar-refractivity contribution is -0.138. The molecule has 0 radical (unpaired) electrons. The molecule has 3 N–H and O–H groups in total. The van der Waals surface area contributed by atoms with Crippen LogP contribution in [0.1, 0.15) is 18.4 Å². The third-order valence-electron chi connectivity index (χ3n) is 2.34.